The maximum Gasteiger partial charge on any atom is 0.225 e. The summed E-state index contributed by atoms with van der Waals surface area (Å²) in [7, 11) is 0. The molecule has 0 aromatic carbocycles. The van der Waals surface area contributed by atoms with Gasteiger partial charge in [0.15, 0.2) is 0 Å². The van der Waals surface area contributed by atoms with Gasteiger partial charge in [-0.2, -0.15) is 0 Å². The molecule has 1 saturated carbocycles. The Morgan fingerprint density at radius 1 is 1.50 bits per heavy atom. The molecule has 2 rings (SSSR count). The van der Waals surface area contributed by atoms with Gasteiger partial charge in [-0.05, 0) is 43.7 Å². The molecule has 0 bridgehead atoms. The van der Waals surface area contributed by atoms with Crippen LogP contribution >= 0.6 is 0 Å². The van der Waals surface area contributed by atoms with Crippen LogP contribution in [0.4, 0.5) is 0 Å². The summed E-state index contributed by atoms with van der Waals surface area (Å²) in [6.45, 7) is 4.18. The lowest BCUT2D eigenvalue weighted by Gasteiger charge is -2.27. The standard InChI is InChI=1S/C14H21N3O/c1-9-4-3-5-11(8-9)18-14-12(13(15)16)10(2)6-7-17-14/h6-7,9,11H,3-5,8H2,1-2H3,(H3,15,16). The molecular weight excluding hydrogens is 226 g/mol. The molecule has 0 radical (unpaired) electrons. The first-order valence-corrected chi connectivity index (χ1v) is 6.54. The number of amidine groups is 1. The second kappa shape index (κ2) is 5.38. The monoisotopic (exact) mass is 247 g/mol. The molecule has 4 nitrogen and oxygen atoms in total. The van der Waals surface area contributed by atoms with E-state index in [1.807, 2.05) is 13.0 Å². The van der Waals surface area contributed by atoms with Crippen molar-refractivity contribution in [2.75, 3.05) is 0 Å². The highest BCUT2D eigenvalue weighted by atomic mass is 16.5. The van der Waals surface area contributed by atoms with Crippen molar-refractivity contribution in [1.29, 1.82) is 5.41 Å². The summed E-state index contributed by atoms with van der Waals surface area (Å²) in [5.74, 6) is 1.25. The normalized spacial score (nSPS) is 23.7. The van der Waals surface area contributed by atoms with Crippen molar-refractivity contribution in [3.8, 4) is 5.88 Å². The Bertz CT molecular complexity index is 445. The number of hydrogen-bond donors (Lipinski definition) is 2. The summed E-state index contributed by atoms with van der Waals surface area (Å²) >= 11 is 0. The summed E-state index contributed by atoms with van der Waals surface area (Å²) in [4.78, 5) is 4.24. The van der Waals surface area contributed by atoms with Gasteiger partial charge in [0.25, 0.3) is 0 Å². The highest BCUT2D eigenvalue weighted by Crippen LogP contribution is 2.28. The van der Waals surface area contributed by atoms with Crippen LogP contribution in [0.25, 0.3) is 0 Å². The molecule has 1 aliphatic carbocycles. The van der Waals surface area contributed by atoms with E-state index in [0.717, 1.165) is 18.4 Å². The lowest BCUT2D eigenvalue weighted by molar-refractivity contribution is 0.123. The van der Waals surface area contributed by atoms with Gasteiger partial charge < -0.3 is 10.5 Å². The molecular formula is C14H21N3O. The molecule has 0 saturated heterocycles. The zero-order valence-corrected chi connectivity index (χ0v) is 11.1. The summed E-state index contributed by atoms with van der Waals surface area (Å²) in [6.07, 6.45) is 6.53. The van der Waals surface area contributed by atoms with Gasteiger partial charge in [0.1, 0.15) is 11.9 Å². The first-order valence-electron chi connectivity index (χ1n) is 6.54. The Labute approximate surface area is 108 Å². The predicted octanol–water partition coefficient (Wildman–Crippen LogP) is 2.63. The molecule has 98 valence electrons. The Hall–Kier alpha value is -1.58. The maximum atomic E-state index is 7.63. The average Bonchev–Trinajstić information content (AvgIpc) is 2.28. The van der Waals surface area contributed by atoms with E-state index in [4.69, 9.17) is 15.9 Å². The number of aromatic nitrogens is 1. The van der Waals surface area contributed by atoms with Crippen molar-refractivity contribution in [3.63, 3.8) is 0 Å². The molecule has 1 aliphatic rings. The number of nitrogens with two attached hydrogens (primary N) is 1. The summed E-state index contributed by atoms with van der Waals surface area (Å²) < 4.78 is 5.97. The van der Waals surface area contributed by atoms with Crippen LogP contribution < -0.4 is 10.5 Å². The highest BCUT2D eigenvalue weighted by Gasteiger charge is 2.22. The molecule has 0 spiro atoms. The molecule has 18 heavy (non-hydrogen) atoms. The number of aryl methyl sites for hydroxylation is 1. The minimum absolute atomic E-state index is 0.0273. The Morgan fingerprint density at radius 3 is 2.94 bits per heavy atom. The number of ether oxygens (including phenoxy) is 1. The Balaban J connectivity index is 2.18. The molecule has 4 heteroatoms. The third kappa shape index (κ3) is 2.81. The van der Waals surface area contributed by atoms with Crippen LogP contribution in [0.3, 0.4) is 0 Å². The van der Waals surface area contributed by atoms with E-state index in [-0.39, 0.29) is 11.9 Å². The van der Waals surface area contributed by atoms with Gasteiger partial charge in [-0.25, -0.2) is 4.98 Å². The highest BCUT2D eigenvalue weighted by molar-refractivity contribution is 5.98. The van der Waals surface area contributed by atoms with Crippen molar-refractivity contribution in [1.82, 2.24) is 4.98 Å². The van der Waals surface area contributed by atoms with Crippen LogP contribution in [0.2, 0.25) is 0 Å². The zero-order valence-electron chi connectivity index (χ0n) is 11.1. The largest absolute Gasteiger partial charge is 0.474 e. The average molecular weight is 247 g/mol. The number of nitrogens with zero attached hydrogens (tertiary/aromatic N) is 1. The summed E-state index contributed by atoms with van der Waals surface area (Å²) in [6, 6.07) is 1.85. The maximum absolute atomic E-state index is 7.63. The topological polar surface area (TPSA) is 72.0 Å². The van der Waals surface area contributed by atoms with Crippen LogP contribution in [0, 0.1) is 18.3 Å². The third-order valence-electron chi connectivity index (χ3n) is 3.56. The number of hydrogen-bond acceptors (Lipinski definition) is 3. The zero-order chi connectivity index (χ0) is 13.1. The van der Waals surface area contributed by atoms with Crippen molar-refractivity contribution < 1.29 is 4.74 Å². The number of nitrogen functional groups attached to an aromatic ring is 1. The van der Waals surface area contributed by atoms with E-state index in [9.17, 15) is 0 Å². The van der Waals surface area contributed by atoms with Crippen LogP contribution in [-0.4, -0.2) is 16.9 Å². The van der Waals surface area contributed by atoms with Gasteiger partial charge in [-0.1, -0.05) is 13.3 Å². The second-order valence-corrected chi connectivity index (χ2v) is 5.23. The van der Waals surface area contributed by atoms with E-state index in [2.05, 4.69) is 11.9 Å². The molecule has 1 aromatic rings. The predicted molar refractivity (Wildman–Crippen MR) is 72.0 cm³/mol. The number of rotatable bonds is 3. The van der Waals surface area contributed by atoms with Crippen LogP contribution in [0.15, 0.2) is 12.3 Å². The fourth-order valence-corrected chi connectivity index (χ4v) is 2.59. The van der Waals surface area contributed by atoms with E-state index in [1.165, 1.54) is 12.8 Å². The molecule has 1 heterocycles. The number of pyridine rings is 1. The van der Waals surface area contributed by atoms with Gasteiger partial charge in [0.05, 0.1) is 5.56 Å². The summed E-state index contributed by atoms with van der Waals surface area (Å²) in [5, 5.41) is 7.63. The fourth-order valence-electron chi connectivity index (χ4n) is 2.59. The summed E-state index contributed by atoms with van der Waals surface area (Å²) in [5.41, 5.74) is 7.19. The molecule has 2 unspecified atom stereocenters. The lowest BCUT2D eigenvalue weighted by Crippen LogP contribution is -2.26. The van der Waals surface area contributed by atoms with E-state index in [0.29, 0.717) is 17.4 Å². The van der Waals surface area contributed by atoms with E-state index >= 15 is 0 Å². The van der Waals surface area contributed by atoms with Gasteiger partial charge in [-0.15, -0.1) is 0 Å². The van der Waals surface area contributed by atoms with Crippen LogP contribution in [0.5, 0.6) is 5.88 Å². The van der Waals surface area contributed by atoms with Gasteiger partial charge in [0, 0.05) is 6.20 Å². The first kappa shape index (κ1) is 12.9. The van der Waals surface area contributed by atoms with E-state index in [1.54, 1.807) is 6.20 Å². The molecule has 0 amide bonds. The van der Waals surface area contributed by atoms with E-state index < -0.39 is 0 Å². The Kier molecular flexibility index (Phi) is 3.84. The molecule has 1 aromatic heterocycles. The molecule has 3 N–H and O–H groups in total. The smallest absolute Gasteiger partial charge is 0.225 e. The minimum atomic E-state index is 0.0273. The van der Waals surface area contributed by atoms with Gasteiger partial charge >= 0.3 is 0 Å². The van der Waals surface area contributed by atoms with Crippen molar-refractivity contribution in [2.45, 2.75) is 45.6 Å². The molecule has 2 atom stereocenters. The molecule has 0 aliphatic heterocycles. The first-order chi connectivity index (χ1) is 8.58. The van der Waals surface area contributed by atoms with Gasteiger partial charge in [0.2, 0.25) is 5.88 Å². The minimum Gasteiger partial charge on any atom is -0.474 e. The SMILES string of the molecule is Cc1ccnc(OC2CCCC(C)C2)c1C(=N)N. The van der Waals surface area contributed by atoms with Crippen molar-refractivity contribution in [2.24, 2.45) is 11.7 Å². The quantitative estimate of drug-likeness (QED) is 0.637. The fraction of sp³-hybridized carbons (Fsp3) is 0.571. The van der Waals surface area contributed by atoms with Crippen LogP contribution in [-0.2, 0) is 0 Å². The second-order valence-electron chi connectivity index (χ2n) is 5.23. The van der Waals surface area contributed by atoms with Crippen molar-refractivity contribution in [3.05, 3.63) is 23.4 Å². The molecule has 1 fully saturated rings. The van der Waals surface area contributed by atoms with Crippen molar-refractivity contribution >= 4 is 5.84 Å². The lowest BCUT2D eigenvalue weighted by atomic mass is 9.89. The van der Waals surface area contributed by atoms with Gasteiger partial charge in [-0.3, -0.25) is 5.41 Å². The Morgan fingerprint density at radius 2 is 2.28 bits per heavy atom. The third-order valence-corrected chi connectivity index (χ3v) is 3.56. The number of nitrogens with one attached hydrogen (secondary N) is 1. The van der Waals surface area contributed by atoms with Crippen LogP contribution in [0.1, 0.15) is 43.7 Å².